The molecule has 30 heavy (non-hydrogen) atoms. The fourth-order valence-electron chi connectivity index (χ4n) is 3.67. The molecule has 2 aromatic rings. The van der Waals surface area contributed by atoms with Crippen molar-refractivity contribution in [3.8, 4) is 22.6 Å². The highest BCUT2D eigenvalue weighted by atomic mass is 19.2. The number of anilines is 1. The maximum absolute atomic E-state index is 13.8. The summed E-state index contributed by atoms with van der Waals surface area (Å²) in [5.74, 6) is -2.02. The first kappa shape index (κ1) is 21.8. The molecule has 2 aromatic carbocycles. The number of hydrogen-bond donors (Lipinski definition) is 2. The van der Waals surface area contributed by atoms with Crippen molar-refractivity contribution in [3.63, 3.8) is 0 Å². The molecule has 1 aliphatic heterocycles. The molecule has 0 radical (unpaired) electrons. The van der Waals surface area contributed by atoms with Crippen molar-refractivity contribution in [2.75, 3.05) is 39.6 Å². The van der Waals surface area contributed by atoms with Crippen LogP contribution in [0.2, 0.25) is 0 Å². The van der Waals surface area contributed by atoms with E-state index in [1.54, 1.807) is 11.0 Å². The molecule has 0 aliphatic carbocycles. The van der Waals surface area contributed by atoms with E-state index in [9.17, 15) is 18.7 Å². The Labute approximate surface area is 175 Å². The molecule has 1 fully saturated rings. The van der Waals surface area contributed by atoms with Gasteiger partial charge in [0.05, 0.1) is 12.8 Å². The van der Waals surface area contributed by atoms with Crippen LogP contribution in [0.3, 0.4) is 0 Å². The normalized spacial score (nSPS) is 14.1. The number of amides is 2. The van der Waals surface area contributed by atoms with Crippen molar-refractivity contribution in [1.82, 2.24) is 9.80 Å². The number of carbonyl (C=O) groups excluding carboxylic acids is 1. The third-order valence-corrected chi connectivity index (χ3v) is 5.15. The van der Waals surface area contributed by atoms with Crippen LogP contribution in [-0.2, 0) is 6.54 Å². The topological polar surface area (TPSA) is 65.0 Å². The Morgan fingerprint density at radius 2 is 1.87 bits per heavy atom. The van der Waals surface area contributed by atoms with Gasteiger partial charge in [-0.25, -0.2) is 13.6 Å². The second-order valence-electron chi connectivity index (χ2n) is 7.68. The number of rotatable bonds is 5. The van der Waals surface area contributed by atoms with E-state index in [1.165, 1.54) is 13.2 Å². The second-order valence-corrected chi connectivity index (χ2v) is 7.68. The molecular formula is C22H27F2N3O3. The Morgan fingerprint density at radius 3 is 2.47 bits per heavy atom. The van der Waals surface area contributed by atoms with E-state index in [4.69, 9.17) is 4.74 Å². The number of likely N-dealkylation sites (tertiary alicyclic amines) is 1. The molecule has 2 amide bonds. The highest BCUT2D eigenvalue weighted by molar-refractivity contribution is 5.93. The van der Waals surface area contributed by atoms with Crippen molar-refractivity contribution in [1.29, 1.82) is 0 Å². The summed E-state index contributed by atoms with van der Waals surface area (Å²) in [4.78, 5) is 16.5. The summed E-state index contributed by atoms with van der Waals surface area (Å²) in [5, 5.41) is 13.7. The van der Waals surface area contributed by atoms with Gasteiger partial charge in [-0.05, 0) is 57.1 Å². The van der Waals surface area contributed by atoms with Gasteiger partial charge in [0.15, 0.2) is 23.1 Å². The predicted molar refractivity (Wildman–Crippen MR) is 112 cm³/mol. The minimum absolute atomic E-state index is 0.180. The van der Waals surface area contributed by atoms with Crippen molar-refractivity contribution < 1.29 is 23.4 Å². The van der Waals surface area contributed by atoms with E-state index >= 15 is 0 Å². The van der Waals surface area contributed by atoms with Crippen LogP contribution >= 0.6 is 0 Å². The van der Waals surface area contributed by atoms with E-state index in [0.29, 0.717) is 30.9 Å². The van der Waals surface area contributed by atoms with Crippen LogP contribution in [0.25, 0.3) is 11.1 Å². The summed E-state index contributed by atoms with van der Waals surface area (Å²) in [6, 6.07) is 4.71. The van der Waals surface area contributed by atoms with Gasteiger partial charge in [0, 0.05) is 30.8 Å². The maximum atomic E-state index is 13.8. The maximum Gasteiger partial charge on any atom is 0.321 e. The van der Waals surface area contributed by atoms with Crippen LogP contribution in [0, 0.1) is 11.6 Å². The van der Waals surface area contributed by atoms with Gasteiger partial charge in [-0.1, -0.05) is 6.07 Å². The summed E-state index contributed by atoms with van der Waals surface area (Å²) >= 11 is 0. The Morgan fingerprint density at radius 1 is 1.17 bits per heavy atom. The third kappa shape index (κ3) is 4.64. The average Bonchev–Trinajstić information content (AvgIpc) is 2.72. The lowest BCUT2D eigenvalue weighted by atomic mass is 9.99. The molecule has 0 bridgehead atoms. The lowest BCUT2D eigenvalue weighted by Crippen LogP contribution is -2.39. The molecule has 8 heteroatoms. The number of nitrogens with one attached hydrogen (secondary N) is 1. The molecule has 0 aromatic heterocycles. The molecule has 3 rings (SSSR count). The summed E-state index contributed by atoms with van der Waals surface area (Å²) in [6.45, 7) is 1.75. The monoisotopic (exact) mass is 419 g/mol. The number of halogens is 2. The number of carbonyl (C=O) groups is 1. The Balaban J connectivity index is 2.09. The molecule has 1 aliphatic rings. The van der Waals surface area contributed by atoms with Gasteiger partial charge in [0.25, 0.3) is 0 Å². The fourth-order valence-corrected chi connectivity index (χ4v) is 3.67. The smallest absolute Gasteiger partial charge is 0.321 e. The van der Waals surface area contributed by atoms with Crippen LogP contribution in [-0.4, -0.2) is 55.2 Å². The van der Waals surface area contributed by atoms with Gasteiger partial charge in [0.1, 0.15) is 0 Å². The molecule has 6 nitrogen and oxygen atoms in total. The number of piperidine rings is 1. The molecule has 2 N–H and O–H groups in total. The highest BCUT2D eigenvalue weighted by Crippen LogP contribution is 2.44. The molecule has 0 atom stereocenters. The SMILES string of the molecule is COc1c(O)c(-c2ccc(F)c(F)c2)cc(NC(=O)N2CCCCC2)c1CN(C)C. The number of phenolic OH excluding ortho intramolecular Hbond substituents is 1. The summed E-state index contributed by atoms with van der Waals surface area (Å²) in [6.07, 6.45) is 3.01. The number of methoxy groups -OCH3 is 1. The summed E-state index contributed by atoms with van der Waals surface area (Å²) < 4.78 is 32.7. The summed E-state index contributed by atoms with van der Waals surface area (Å²) in [5.41, 5.74) is 1.56. The van der Waals surface area contributed by atoms with E-state index in [2.05, 4.69) is 5.32 Å². The Kier molecular flexibility index (Phi) is 6.77. The zero-order valence-corrected chi connectivity index (χ0v) is 17.5. The van der Waals surface area contributed by atoms with E-state index in [0.717, 1.165) is 31.4 Å². The number of nitrogens with zero attached hydrogens (tertiary/aromatic N) is 2. The lowest BCUT2D eigenvalue weighted by molar-refractivity contribution is 0.200. The number of benzene rings is 2. The molecule has 162 valence electrons. The first-order valence-electron chi connectivity index (χ1n) is 9.90. The van der Waals surface area contributed by atoms with Gasteiger partial charge < -0.3 is 25.0 Å². The molecule has 0 spiro atoms. The predicted octanol–water partition coefficient (Wildman–Crippen LogP) is 4.43. The average molecular weight is 419 g/mol. The first-order chi connectivity index (χ1) is 14.3. The van der Waals surface area contributed by atoms with E-state index in [1.807, 2.05) is 19.0 Å². The summed E-state index contributed by atoms with van der Waals surface area (Å²) in [7, 11) is 5.13. The fraction of sp³-hybridized carbons (Fsp3) is 0.409. The van der Waals surface area contributed by atoms with Crippen molar-refractivity contribution in [2.45, 2.75) is 25.8 Å². The molecule has 1 heterocycles. The quantitative estimate of drug-likeness (QED) is 0.704. The van der Waals surface area contributed by atoms with Crippen LogP contribution in [0.4, 0.5) is 19.3 Å². The minimum atomic E-state index is -1.03. The number of ether oxygens (including phenoxy) is 1. The molecular weight excluding hydrogens is 392 g/mol. The van der Waals surface area contributed by atoms with Gasteiger partial charge >= 0.3 is 6.03 Å². The van der Waals surface area contributed by atoms with E-state index in [-0.39, 0.29) is 28.7 Å². The third-order valence-electron chi connectivity index (χ3n) is 5.15. The zero-order valence-electron chi connectivity index (χ0n) is 17.5. The minimum Gasteiger partial charge on any atom is -0.504 e. The number of aromatic hydroxyl groups is 1. The number of hydrogen-bond acceptors (Lipinski definition) is 4. The lowest BCUT2D eigenvalue weighted by Gasteiger charge is -2.28. The van der Waals surface area contributed by atoms with Gasteiger partial charge in [-0.2, -0.15) is 0 Å². The van der Waals surface area contributed by atoms with Gasteiger partial charge in [0.2, 0.25) is 0 Å². The van der Waals surface area contributed by atoms with Crippen molar-refractivity contribution in [3.05, 3.63) is 41.5 Å². The Bertz CT molecular complexity index is 928. The second kappa shape index (κ2) is 9.30. The molecule has 1 saturated heterocycles. The number of urea groups is 1. The van der Waals surface area contributed by atoms with Crippen LogP contribution in [0.1, 0.15) is 24.8 Å². The van der Waals surface area contributed by atoms with Crippen molar-refractivity contribution in [2.24, 2.45) is 0 Å². The first-order valence-corrected chi connectivity index (χ1v) is 9.90. The van der Waals surface area contributed by atoms with E-state index < -0.39 is 11.6 Å². The molecule has 0 unspecified atom stereocenters. The van der Waals surface area contributed by atoms with Gasteiger partial charge in [-0.15, -0.1) is 0 Å². The molecule has 0 saturated carbocycles. The standard InChI is InChI=1S/C22H27F2N3O3/c1-26(2)13-16-19(25-22(29)27-9-5-4-6-10-27)12-15(20(28)21(16)30-3)14-7-8-17(23)18(24)11-14/h7-8,11-12,28H,4-6,9-10,13H2,1-3H3,(H,25,29). The van der Waals surface area contributed by atoms with Crippen LogP contribution < -0.4 is 10.1 Å². The van der Waals surface area contributed by atoms with Crippen LogP contribution in [0.5, 0.6) is 11.5 Å². The van der Waals surface area contributed by atoms with Crippen molar-refractivity contribution >= 4 is 11.7 Å². The highest BCUT2D eigenvalue weighted by Gasteiger charge is 2.24. The largest absolute Gasteiger partial charge is 0.504 e. The van der Waals surface area contributed by atoms with Crippen LogP contribution in [0.15, 0.2) is 24.3 Å². The van der Waals surface area contributed by atoms with Gasteiger partial charge in [-0.3, -0.25) is 0 Å². The Hall–Kier alpha value is -2.87. The zero-order chi connectivity index (χ0) is 21.8. The number of phenols is 1.